The summed E-state index contributed by atoms with van der Waals surface area (Å²) in [5.41, 5.74) is -3.88. The lowest BCUT2D eigenvalue weighted by molar-refractivity contribution is -0.142. The molecule has 3 amide bonds. The van der Waals surface area contributed by atoms with Gasteiger partial charge in [0, 0.05) is 43.6 Å². The summed E-state index contributed by atoms with van der Waals surface area (Å²) < 4.78 is 89.3. The van der Waals surface area contributed by atoms with Crippen LogP contribution >= 0.6 is 0 Å². The highest BCUT2D eigenvalue weighted by Gasteiger charge is 2.45. The van der Waals surface area contributed by atoms with Gasteiger partial charge < -0.3 is 19.7 Å². The van der Waals surface area contributed by atoms with Gasteiger partial charge in [0.2, 0.25) is 11.8 Å². The molecule has 208 valence electrons. The Kier molecular flexibility index (Phi) is 7.23. The second-order valence-electron chi connectivity index (χ2n) is 8.82. The van der Waals surface area contributed by atoms with Crippen molar-refractivity contribution in [2.45, 2.75) is 30.8 Å². The molecule has 1 spiro atoms. The van der Waals surface area contributed by atoms with Crippen molar-refractivity contribution in [1.29, 1.82) is 0 Å². The molecule has 0 radical (unpaired) electrons. The summed E-state index contributed by atoms with van der Waals surface area (Å²) in [4.78, 5) is 38.3. The lowest BCUT2D eigenvalue weighted by atomic mass is 9.82. The first-order valence-corrected chi connectivity index (χ1v) is 11.5. The van der Waals surface area contributed by atoms with Gasteiger partial charge in [-0.3, -0.25) is 14.9 Å². The van der Waals surface area contributed by atoms with Crippen molar-refractivity contribution in [3.8, 4) is 5.75 Å². The third-order valence-corrected chi connectivity index (χ3v) is 6.41. The number of carbonyl (C=O) groups is 3. The molecule has 39 heavy (non-hydrogen) atoms. The summed E-state index contributed by atoms with van der Waals surface area (Å²) in [5.74, 6) is -1.23. The Morgan fingerprint density at radius 2 is 1.72 bits per heavy atom. The van der Waals surface area contributed by atoms with Gasteiger partial charge in [-0.15, -0.1) is 0 Å². The number of halogens is 6. The van der Waals surface area contributed by atoms with Gasteiger partial charge >= 0.3 is 18.4 Å². The molecule has 0 saturated carbocycles. The van der Waals surface area contributed by atoms with Crippen LogP contribution in [-0.4, -0.2) is 43.0 Å². The zero-order chi connectivity index (χ0) is 28.6. The van der Waals surface area contributed by atoms with Gasteiger partial charge in [0.05, 0.1) is 29.6 Å². The molecule has 2 aromatic rings. The van der Waals surface area contributed by atoms with Crippen LogP contribution in [0.25, 0.3) is 0 Å². The number of amides is 3. The molecule has 2 N–H and O–H groups in total. The lowest BCUT2D eigenvalue weighted by Crippen LogP contribution is -2.49. The fraction of sp³-hybridized carbons (Fsp3) is 0.320. The van der Waals surface area contributed by atoms with Crippen LogP contribution in [0, 0.1) is 0 Å². The Balaban J connectivity index is 1.43. The molecule has 1 fully saturated rings. The van der Waals surface area contributed by atoms with E-state index >= 15 is 0 Å². The first kappa shape index (κ1) is 27.8. The predicted molar refractivity (Wildman–Crippen MR) is 125 cm³/mol. The molecule has 2 aromatic carbocycles. The molecule has 0 bridgehead atoms. The molecule has 0 atom stereocenters. The third-order valence-electron chi connectivity index (χ3n) is 6.41. The number of methoxy groups -OCH3 is 1. The Morgan fingerprint density at radius 1 is 1.03 bits per heavy atom. The van der Waals surface area contributed by atoms with Crippen LogP contribution in [-0.2, 0) is 32.3 Å². The zero-order valence-electron chi connectivity index (χ0n) is 20.2. The number of benzene rings is 2. The van der Waals surface area contributed by atoms with Gasteiger partial charge in [0.25, 0.3) is 0 Å². The monoisotopic (exact) mass is 557 g/mol. The van der Waals surface area contributed by atoms with Crippen LogP contribution in [0.2, 0.25) is 0 Å². The molecular weight excluding hydrogens is 536 g/mol. The minimum Gasteiger partial charge on any atom is -0.497 e. The summed E-state index contributed by atoms with van der Waals surface area (Å²) >= 11 is 0. The molecule has 2 aliphatic rings. The average Bonchev–Trinajstić information content (AvgIpc) is 2.86. The van der Waals surface area contributed by atoms with Crippen molar-refractivity contribution >= 4 is 29.3 Å². The summed E-state index contributed by atoms with van der Waals surface area (Å²) in [6, 6.07) is 5.88. The summed E-state index contributed by atoms with van der Waals surface area (Å²) in [6.07, 6.45) is -8.84. The molecule has 0 aromatic heterocycles. The standard InChI is InChI=1S/C25H21F6N3O5/c1-38-15-3-5-18-16(13-15)23(39-22(37)33-18)8-10-34(11-9-23)21(36)7-6-20(35)32-19-4-2-14(24(26,27)28)12-17(19)25(29,30)31/h2-7,12-13H,8-11H2,1H3,(H,32,35)(H,33,37)/b7-6+. The predicted octanol–water partition coefficient (Wildman–Crippen LogP) is 5.31. The highest BCUT2D eigenvalue weighted by Crippen LogP contribution is 2.45. The number of nitrogens with one attached hydrogen (secondary N) is 2. The number of anilines is 2. The number of nitrogens with zero attached hydrogens (tertiary/aromatic N) is 1. The van der Waals surface area contributed by atoms with Gasteiger partial charge in [-0.1, -0.05) is 0 Å². The van der Waals surface area contributed by atoms with Crippen LogP contribution in [0.5, 0.6) is 5.75 Å². The lowest BCUT2D eigenvalue weighted by Gasteiger charge is -2.44. The molecule has 8 nitrogen and oxygen atoms in total. The van der Waals surface area contributed by atoms with Gasteiger partial charge in [-0.25, -0.2) is 4.79 Å². The number of likely N-dealkylation sites (tertiary alicyclic amines) is 1. The van der Waals surface area contributed by atoms with E-state index in [1.54, 1.807) is 18.2 Å². The van der Waals surface area contributed by atoms with Crippen molar-refractivity contribution in [2.75, 3.05) is 30.8 Å². The summed E-state index contributed by atoms with van der Waals surface area (Å²) in [5, 5.41) is 4.48. The van der Waals surface area contributed by atoms with Crippen molar-refractivity contribution < 1.29 is 50.2 Å². The molecule has 0 aliphatic carbocycles. The Morgan fingerprint density at radius 3 is 2.33 bits per heavy atom. The summed E-state index contributed by atoms with van der Waals surface area (Å²) in [6.45, 7) is 0.262. The average molecular weight is 557 g/mol. The molecule has 2 heterocycles. The second-order valence-corrected chi connectivity index (χ2v) is 8.82. The van der Waals surface area contributed by atoms with Crippen molar-refractivity contribution in [1.82, 2.24) is 4.90 Å². The van der Waals surface area contributed by atoms with Gasteiger partial charge in [0.1, 0.15) is 11.4 Å². The number of alkyl halides is 6. The Bertz CT molecular complexity index is 1330. The van der Waals surface area contributed by atoms with E-state index in [1.165, 1.54) is 12.0 Å². The van der Waals surface area contributed by atoms with Crippen LogP contribution < -0.4 is 15.4 Å². The number of carbonyl (C=O) groups excluding carboxylic acids is 3. The van der Waals surface area contributed by atoms with E-state index in [2.05, 4.69) is 5.32 Å². The molecular formula is C25H21F6N3O5. The van der Waals surface area contributed by atoms with Crippen LogP contribution in [0.4, 0.5) is 42.5 Å². The first-order chi connectivity index (χ1) is 18.2. The fourth-order valence-electron chi connectivity index (χ4n) is 4.45. The summed E-state index contributed by atoms with van der Waals surface area (Å²) in [7, 11) is 1.49. The number of hydrogen-bond donors (Lipinski definition) is 2. The fourth-order valence-corrected chi connectivity index (χ4v) is 4.45. The Labute approximate surface area is 217 Å². The van der Waals surface area contributed by atoms with Crippen molar-refractivity contribution in [3.05, 3.63) is 65.2 Å². The van der Waals surface area contributed by atoms with E-state index in [0.717, 1.165) is 6.08 Å². The van der Waals surface area contributed by atoms with Crippen LogP contribution in [0.3, 0.4) is 0 Å². The highest BCUT2D eigenvalue weighted by molar-refractivity contribution is 6.04. The van der Waals surface area contributed by atoms with E-state index in [4.69, 9.17) is 9.47 Å². The quantitative estimate of drug-likeness (QED) is 0.393. The van der Waals surface area contributed by atoms with E-state index in [9.17, 15) is 40.7 Å². The van der Waals surface area contributed by atoms with E-state index in [0.29, 0.717) is 35.2 Å². The van der Waals surface area contributed by atoms with Gasteiger partial charge in [-0.2, -0.15) is 26.3 Å². The van der Waals surface area contributed by atoms with Crippen molar-refractivity contribution in [3.63, 3.8) is 0 Å². The maximum Gasteiger partial charge on any atom is 0.418 e. The maximum absolute atomic E-state index is 13.3. The molecule has 2 aliphatic heterocycles. The molecule has 1 saturated heterocycles. The number of ether oxygens (including phenoxy) is 2. The molecule has 0 unspecified atom stereocenters. The topological polar surface area (TPSA) is 97.0 Å². The van der Waals surface area contributed by atoms with Crippen LogP contribution in [0.15, 0.2) is 48.6 Å². The number of rotatable bonds is 4. The minimum atomic E-state index is -5.17. The zero-order valence-corrected chi connectivity index (χ0v) is 20.2. The SMILES string of the molecule is COc1ccc2c(c1)C1(CCN(C(=O)/C=C/C(=O)Nc3ccc(C(F)(F)F)cc3C(F)(F)F)CC1)OC(=O)N2. The van der Waals surface area contributed by atoms with E-state index < -0.39 is 52.7 Å². The van der Waals surface area contributed by atoms with Crippen LogP contribution in [0.1, 0.15) is 29.5 Å². The third kappa shape index (κ3) is 5.94. The van der Waals surface area contributed by atoms with Gasteiger partial charge in [-0.05, 0) is 36.4 Å². The molecule has 4 rings (SSSR count). The number of hydrogen-bond acceptors (Lipinski definition) is 5. The van der Waals surface area contributed by atoms with Gasteiger partial charge in [0.15, 0.2) is 0 Å². The number of fused-ring (bicyclic) bond motifs is 2. The minimum absolute atomic E-state index is 0.102. The first-order valence-electron chi connectivity index (χ1n) is 11.5. The number of piperidine rings is 1. The van der Waals surface area contributed by atoms with E-state index in [1.807, 2.05) is 5.32 Å². The largest absolute Gasteiger partial charge is 0.497 e. The highest BCUT2D eigenvalue weighted by atomic mass is 19.4. The Hall–Kier alpha value is -4.23. The maximum atomic E-state index is 13.3. The smallest absolute Gasteiger partial charge is 0.418 e. The van der Waals surface area contributed by atoms with Crippen molar-refractivity contribution in [2.24, 2.45) is 0 Å². The second kappa shape index (κ2) is 10.2. The van der Waals surface area contributed by atoms with E-state index in [-0.39, 0.29) is 32.0 Å². The normalized spacial score (nSPS) is 16.9. The molecule has 14 heteroatoms.